The highest BCUT2D eigenvalue weighted by Crippen LogP contribution is 2.27. The van der Waals surface area contributed by atoms with Crippen molar-refractivity contribution >= 4 is 11.6 Å². The minimum Gasteiger partial charge on any atom is -0.438 e. The molecule has 0 spiro atoms. The number of pyridine rings is 1. The number of amides is 1. The van der Waals surface area contributed by atoms with Gasteiger partial charge in [0.1, 0.15) is 17.4 Å². The fraction of sp³-hybridized carbons (Fsp3) is 0.136. The lowest BCUT2D eigenvalue weighted by Crippen LogP contribution is -2.11. The summed E-state index contributed by atoms with van der Waals surface area (Å²) in [6.07, 6.45) is 0. The van der Waals surface area contributed by atoms with E-state index < -0.39 is 0 Å². The van der Waals surface area contributed by atoms with Crippen molar-refractivity contribution in [2.24, 2.45) is 0 Å². The molecule has 0 saturated carbocycles. The van der Waals surface area contributed by atoms with Crippen LogP contribution in [0.1, 0.15) is 32.7 Å². The molecule has 0 aliphatic heterocycles. The summed E-state index contributed by atoms with van der Waals surface area (Å²) in [5.41, 5.74) is 4.18. The minimum atomic E-state index is -0.196. The summed E-state index contributed by atoms with van der Waals surface area (Å²) in [5, 5.41) is 12.2. The molecular weight excluding hydrogens is 338 g/mol. The van der Waals surface area contributed by atoms with E-state index in [2.05, 4.69) is 16.4 Å². The number of ether oxygens (including phenoxy) is 1. The summed E-state index contributed by atoms with van der Waals surface area (Å²) < 4.78 is 5.82. The molecule has 0 radical (unpaired) electrons. The van der Waals surface area contributed by atoms with Gasteiger partial charge in [0.2, 0.25) is 5.88 Å². The lowest BCUT2D eigenvalue weighted by molar-refractivity contribution is 0.102. The Balaban J connectivity index is 1.83. The standard InChI is InChI=1S/C22H19N3O2/c1-14-6-4-7-17(10-14)21(26)25-18-8-5-9-19(12-18)27-22-20(13-23)15(2)11-16(3)24-22/h4-12H,1-3H3,(H,25,26). The van der Waals surface area contributed by atoms with Crippen molar-refractivity contribution in [3.8, 4) is 17.7 Å². The first-order valence-corrected chi connectivity index (χ1v) is 8.50. The Labute approximate surface area is 158 Å². The highest BCUT2D eigenvalue weighted by Gasteiger charge is 2.12. The lowest BCUT2D eigenvalue weighted by Gasteiger charge is -2.11. The summed E-state index contributed by atoms with van der Waals surface area (Å²) in [7, 11) is 0. The predicted molar refractivity (Wildman–Crippen MR) is 104 cm³/mol. The smallest absolute Gasteiger partial charge is 0.255 e. The van der Waals surface area contributed by atoms with Gasteiger partial charge in [-0.25, -0.2) is 4.98 Å². The number of carbonyl (C=O) groups excluding carboxylic acids is 1. The van der Waals surface area contributed by atoms with Gasteiger partial charge in [-0.1, -0.05) is 23.8 Å². The number of hydrogen-bond donors (Lipinski definition) is 1. The Morgan fingerprint density at radius 2 is 1.85 bits per heavy atom. The highest BCUT2D eigenvalue weighted by atomic mass is 16.5. The largest absolute Gasteiger partial charge is 0.438 e. The van der Waals surface area contributed by atoms with Crippen LogP contribution in [0.4, 0.5) is 5.69 Å². The van der Waals surface area contributed by atoms with E-state index in [1.165, 1.54) is 0 Å². The van der Waals surface area contributed by atoms with Crippen LogP contribution in [0.3, 0.4) is 0 Å². The summed E-state index contributed by atoms with van der Waals surface area (Å²) in [6.45, 7) is 5.63. The average Bonchev–Trinajstić information content (AvgIpc) is 2.61. The number of carbonyl (C=O) groups is 1. The molecule has 1 aromatic heterocycles. The second-order valence-corrected chi connectivity index (χ2v) is 6.33. The molecular formula is C22H19N3O2. The number of nitriles is 1. The van der Waals surface area contributed by atoms with Gasteiger partial charge in [-0.05, 0) is 56.7 Å². The normalized spacial score (nSPS) is 10.1. The quantitative estimate of drug-likeness (QED) is 0.719. The number of hydrogen-bond acceptors (Lipinski definition) is 4. The Morgan fingerprint density at radius 3 is 2.59 bits per heavy atom. The second-order valence-electron chi connectivity index (χ2n) is 6.33. The molecule has 0 fully saturated rings. The third-order valence-corrected chi connectivity index (χ3v) is 4.01. The van der Waals surface area contributed by atoms with Crippen LogP contribution in [-0.4, -0.2) is 10.9 Å². The van der Waals surface area contributed by atoms with Crippen molar-refractivity contribution in [2.75, 3.05) is 5.32 Å². The van der Waals surface area contributed by atoms with Gasteiger partial charge in [-0.3, -0.25) is 4.79 Å². The van der Waals surface area contributed by atoms with Gasteiger partial charge in [0.15, 0.2) is 0 Å². The Kier molecular flexibility index (Phi) is 5.18. The van der Waals surface area contributed by atoms with E-state index in [1.807, 2.05) is 45.0 Å². The van der Waals surface area contributed by atoms with Crippen LogP contribution in [-0.2, 0) is 0 Å². The van der Waals surface area contributed by atoms with E-state index in [0.29, 0.717) is 22.6 Å². The van der Waals surface area contributed by atoms with E-state index in [-0.39, 0.29) is 11.8 Å². The van der Waals surface area contributed by atoms with Crippen LogP contribution in [0.15, 0.2) is 54.6 Å². The van der Waals surface area contributed by atoms with E-state index in [0.717, 1.165) is 16.8 Å². The number of benzene rings is 2. The van der Waals surface area contributed by atoms with Crippen molar-refractivity contribution < 1.29 is 9.53 Å². The number of anilines is 1. The topological polar surface area (TPSA) is 75.0 Å². The van der Waals surface area contributed by atoms with Crippen LogP contribution in [0.2, 0.25) is 0 Å². The molecule has 27 heavy (non-hydrogen) atoms. The average molecular weight is 357 g/mol. The molecule has 5 heteroatoms. The Hall–Kier alpha value is -3.65. The summed E-state index contributed by atoms with van der Waals surface area (Å²) in [6, 6.07) is 18.4. The number of nitrogens with zero attached hydrogens (tertiary/aromatic N) is 2. The zero-order chi connectivity index (χ0) is 19.4. The third kappa shape index (κ3) is 4.31. The van der Waals surface area contributed by atoms with E-state index in [4.69, 9.17) is 4.74 Å². The van der Waals surface area contributed by atoms with Crippen molar-refractivity contribution in [2.45, 2.75) is 20.8 Å². The highest BCUT2D eigenvalue weighted by molar-refractivity contribution is 6.04. The van der Waals surface area contributed by atoms with Crippen LogP contribution < -0.4 is 10.1 Å². The van der Waals surface area contributed by atoms with Gasteiger partial charge in [0.05, 0.1) is 0 Å². The molecule has 134 valence electrons. The Morgan fingerprint density at radius 1 is 1.07 bits per heavy atom. The van der Waals surface area contributed by atoms with E-state index >= 15 is 0 Å². The molecule has 0 atom stereocenters. The number of aromatic nitrogens is 1. The first-order chi connectivity index (χ1) is 13.0. The van der Waals surface area contributed by atoms with E-state index in [9.17, 15) is 10.1 Å². The molecule has 0 aliphatic carbocycles. The number of nitrogens with one attached hydrogen (secondary N) is 1. The fourth-order valence-corrected chi connectivity index (χ4v) is 2.75. The van der Waals surface area contributed by atoms with Crippen LogP contribution in [0.25, 0.3) is 0 Å². The molecule has 1 N–H and O–H groups in total. The van der Waals surface area contributed by atoms with Crippen molar-refractivity contribution in [1.82, 2.24) is 4.98 Å². The monoisotopic (exact) mass is 357 g/mol. The fourth-order valence-electron chi connectivity index (χ4n) is 2.75. The SMILES string of the molecule is Cc1cccc(C(=O)Nc2cccc(Oc3nc(C)cc(C)c3C#N)c2)c1. The van der Waals surface area contributed by atoms with Gasteiger partial charge in [0, 0.05) is 23.0 Å². The lowest BCUT2D eigenvalue weighted by atomic mass is 10.1. The molecule has 1 amide bonds. The molecule has 0 unspecified atom stereocenters. The maximum atomic E-state index is 12.4. The molecule has 3 aromatic rings. The summed E-state index contributed by atoms with van der Waals surface area (Å²) in [5.74, 6) is 0.557. The third-order valence-electron chi connectivity index (χ3n) is 4.01. The molecule has 0 aliphatic rings. The van der Waals surface area contributed by atoms with Gasteiger partial charge in [-0.15, -0.1) is 0 Å². The van der Waals surface area contributed by atoms with Crippen molar-refractivity contribution in [3.05, 3.63) is 82.5 Å². The maximum absolute atomic E-state index is 12.4. The van der Waals surface area contributed by atoms with Gasteiger partial charge < -0.3 is 10.1 Å². The number of rotatable bonds is 4. The molecule has 2 aromatic carbocycles. The minimum absolute atomic E-state index is 0.196. The van der Waals surface area contributed by atoms with Gasteiger partial charge in [-0.2, -0.15) is 5.26 Å². The van der Waals surface area contributed by atoms with Crippen LogP contribution in [0.5, 0.6) is 11.6 Å². The maximum Gasteiger partial charge on any atom is 0.255 e. The van der Waals surface area contributed by atoms with E-state index in [1.54, 1.807) is 30.3 Å². The summed E-state index contributed by atoms with van der Waals surface area (Å²) in [4.78, 5) is 16.7. The van der Waals surface area contributed by atoms with Gasteiger partial charge in [0.25, 0.3) is 5.91 Å². The predicted octanol–water partition coefficient (Wildman–Crippen LogP) is 4.92. The summed E-state index contributed by atoms with van der Waals surface area (Å²) >= 11 is 0. The second kappa shape index (κ2) is 7.71. The zero-order valence-electron chi connectivity index (χ0n) is 15.4. The van der Waals surface area contributed by atoms with Crippen LogP contribution >= 0.6 is 0 Å². The number of aryl methyl sites for hydroxylation is 3. The van der Waals surface area contributed by atoms with Crippen molar-refractivity contribution in [1.29, 1.82) is 5.26 Å². The molecule has 5 nitrogen and oxygen atoms in total. The molecule has 0 bridgehead atoms. The van der Waals surface area contributed by atoms with Gasteiger partial charge >= 0.3 is 0 Å². The molecule has 3 rings (SSSR count). The van der Waals surface area contributed by atoms with Crippen molar-refractivity contribution in [3.63, 3.8) is 0 Å². The first kappa shape index (κ1) is 18.2. The first-order valence-electron chi connectivity index (χ1n) is 8.50. The molecule has 1 heterocycles. The van der Waals surface area contributed by atoms with Crippen LogP contribution in [0, 0.1) is 32.1 Å². The Bertz CT molecular complexity index is 1050. The molecule has 0 saturated heterocycles. The zero-order valence-corrected chi connectivity index (χ0v) is 15.4.